The lowest BCUT2D eigenvalue weighted by atomic mass is 10.3. The molecule has 0 atom stereocenters. The highest BCUT2D eigenvalue weighted by atomic mass is 16.4. The molecule has 2 nitrogen and oxygen atoms in total. The quantitative estimate of drug-likeness (QED) is 0.493. The van der Waals surface area contributed by atoms with Gasteiger partial charge in [0, 0.05) is 6.08 Å². The third-order valence-electron chi connectivity index (χ3n) is 0.716. The SMILES string of the molecule is O=C(O)C1=C=C=C=C1. The third-order valence-corrected chi connectivity index (χ3v) is 0.716. The summed E-state index contributed by atoms with van der Waals surface area (Å²) >= 11 is 0. The molecule has 0 fully saturated rings. The average molecular weight is 106 g/mol. The zero-order chi connectivity index (χ0) is 5.98. The van der Waals surface area contributed by atoms with Gasteiger partial charge in [0.1, 0.15) is 5.57 Å². The Labute approximate surface area is 45.8 Å². The number of hydrogen-bond acceptors (Lipinski definition) is 1. The maximum Gasteiger partial charge on any atom is 0.344 e. The second-order valence-electron chi connectivity index (χ2n) is 1.26. The van der Waals surface area contributed by atoms with Gasteiger partial charge in [-0.15, -0.1) is 0 Å². The van der Waals surface area contributed by atoms with Crippen molar-refractivity contribution in [1.82, 2.24) is 0 Å². The van der Waals surface area contributed by atoms with E-state index in [4.69, 9.17) is 5.11 Å². The summed E-state index contributed by atoms with van der Waals surface area (Å²) < 4.78 is 0. The van der Waals surface area contributed by atoms with Crippen LogP contribution >= 0.6 is 0 Å². The Hall–Kier alpha value is -1.45. The van der Waals surface area contributed by atoms with E-state index >= 15 is 0 Å². The number of aliphatic carboxylic acids is 1. The Balaban J connectivity index is 3.00. The fraction of sp³-hybridized carbons (Fsp3) is 0. The van der Waals surface area contributed by atoms with E-state index in [2.05, 4.69) is 17.2 Å². The van der Waals surface area contributed by atoms with Gasteiger partial charge in [-0.25, -0.2) is 4.79 Å². The van der Waals surface area contributed by atoms with Gasteiger partial charge in [-0.3, -0.25) is 0 Å². The monoisotopic (exact) mass is 106 g/mol. The number of carbonyl (C=O) groups is 1. The molecule has 0 saturated carbocycles. The fourth-order valence-electron chi connectivity index (χ4n) is 0.363. The molecule has 1 rings (SSSR count). The van der Waals surface area contributed by atoms with Crippen LogP contribution in [0.25, 0.3) is 0 Å². The van der Waals surface area contributed by atoms with Crippen LogP contribution in [0.2, 0.25) is 0 Å². The van der Waals surface area contributed by atoms with E-state index in [9.17, 15) is 4.79 Å². The van der Waals surface area contributed by atoms with E-state index in [-0.39, 0.29) is 5.57 Å². The second-order valence-corrected chi connectivity index (χ2v) is 1.26. The molecule has 0 amide bonds. The lowest BCUT2D eigenvalue weighted by molar-refractivity contribution is -0.132. The lowest BCUT2D eigenvalue weighted by Crippen LogP contribution is -1.93. The molecule has 0 aromatic carbocycles. The molecule has 38 valence electrons. The minimum Gasteiger partial charge on any atom is -0.477 e. The Bertz CT molecular complexity index is 254. The van der Waals surface area contributed by atoms with Gasteiger partial charge in [0.2, 0.25) is 0 Å². The molecule has 8 heavy (non-hydrogen) atoms. The van der Waals surface area contributed by atoms with Crippen molar-refractivity contribution in [3.05, 3.63) is 28.8 Å². The summed E-state index contributed by atoms with van der Waals surface area (Å²) in [6, 6.07) is 0. The van der Waals surface area contributed by atoms with Crippen LogP contribution in [0.3, 0.4) is 0 Å². The van der Waals surface area contributed by atoms with Crippen LogP contribution < -0.4 is 0 Å². The molecular weight excluding hydrogens is 104 g/mol. The van der Waals surface area contributed by atoms with Crippen molar-refractivity contribution < 1.29 is 9.90 Å². The maximum atomic E-state index is 9.99. The molecule has 1 aliphatic rings. The average Bonchev–Trinajstić information content (AvgIpc) is 2.12. The van der Waals surface area contributed by atoms with E-state index in [1.54, 1.807) is 0 Å². The Morgan fingerprint density at radius 2 is 2.50 bits per heavy atom. The first kappa shape index (κ1) is 4.70. The minimum absolute atomic E-state index is 0.116. The van der Waals surface area contributed by atoms with Crippen molar-refractivity contribution in [2.45, 2.75) is 0 Å². The molecule has 2 heteroatoms. The molecule has 0 bridgehead atoms. The summed E-state index contributed by atoms with van der Waals surface area (Å²) in [4.78, 5) is 9.99. The van der Waals surface area contributed by atoms with Crippen LogP contribution in [0.15, 0.2) is 28.8 Å². The summed E-state index contributed by atoms with van der Waals surface area (Å²) in [7, 11) is 0. The second kappa shape index (κ2) is 1.57. The van der Waals surface area contributed by atoms with Crippen molar-refractivity contribution in [1.29, 1.82) is 0 Å². The first-order valence-electron chi connectivity index (χ1n) is 2.01. The van der Waals surface area contributed by atoms with Gasteiger partial charge in [-0.1, -0.05) is 5.73 Å². The molecule has 0 aliphatic heterocycles. The largest absolute Gasteiger partial charge is 0.477 e. The van der Waals surface area contributed by atoms with Crippen molar-refractivity contribution >= 4 is 5.97 Å². The standard InChI is InChI=1S/C6H2O2/c7-6(8)5-3-1-2-4-5/h3H,(H,7,8). The number of carboxylic acids is 1. The van der Waals surface area contributed by atoms with Gasteiger partial charge in [0.15, 0.2) is 0 Å². The third kappa shape index (κ3) is 0.629. The van der Waals surface area contributed by atoms with E-state index in [1.807, 2.05) is 0 Å². The summed E-state index contributed by atoms with van der Waals surface area (Å²) in [6.07, 6.45) is 1.32. The van der Waals surface area contributed by atoms with Crippen molar-refractivity contribution in [2.75, 3.05) is 0 Å². The van der Waals surface area contributed by atoms with E-state index in [0.29, 0.717) is 0 Å². The van der Waals surface area contributed by atoms with Crippen molar-refractivity contribution in [2.24, 2.45) is 0 Å². The number of carboxylic acid groups (broad SMARTS) is 1. The van der Waals surface area contributed by atoms with Gasteiger partial charge in [0.05, 0.1) is 0 Å². The maximum absolute atomic E-state index is 9.99. The predicted molar refractivity (Wildman–Crippen MR) is 26.3 cm³/mol. The molecule has 0 heterocycles. The molecule has 0 radical (unpaired) electrons. The van der Waals surface area contributed by atoms with Crippen LogP contribution in [-0.2, 0) is 4.79 Å². The zero-order valence-corrected chi connectivity index (χ0v) is 3.93. The Morgan fingerprint density at radius 3 is 2.75 bits per heavy atom. The number of rotatable bonds is 1. The highest BCUT2D eigenvalue weighted by molar-refractivity contribution is 5.89. The first-order valence-corrected chi connectivity index (χ1v) is 2.01. The van der Waals surface area contributed by atoms with Crippen molar-refractivity contribution in [3.8, 4) is 0 Å². The molecular formula is C6H2O2. The highest BCUT2D eigenvalue weighted by Crippen LogP contribution is 1.94. The molecule has 0 unspecified atom stereocenters. The van der Waals surface area contributed by atoms with Gasteiger partial charge in [0.25, 0.3) is 0 Å². The zero-order valence-electron chi connectivity index (χ0n) is 3.93. The molecule has 0 aromatic heterocycles. The number of hydrogen-bond donors (Lipinski definition) is 1. The van der Waals surface area contributed by atoms with Gasteiger partial charge >= 0.3 is 5.97 Å². The van der Waals surface area contributed by atoms with Crippen LogP contribution in [0.5, 0.6) is 0 Å². The van der Waals surface area contributed by atoms with E-state index in [0.717, 1.165) is 0 Å². The highest BCUT2D eigenvalue weighted by Gasteiger charge is 2.01. The Morgan fingerprint density at radius 1 is 1.75 bits per heavy atom. The minimum atomic E-state index is -0.984. The molecule has 0 aromatic rings. The summed E-state index contributed by atoms with van der Waals surface area (Å²) in [6.45, 7) is 0. The summed E-state index contributed by atoms with van der Waals surface area (Å²) in [5, 5.41) is 8.20. The Kier molecular flexibility index (Phi) is 0.924. The normalized spacial score (nSPS) is 12.2. The molecule has 0 saturated heterocycles. The first-order chi connectivity index (χ1) is 3.80. The van der Waals surface area contributed by atoms with E-state index in [1.165, 1.54) is 6.08 Å². The van der Waals surface area contributed by atoms with Gasteiger partial charge in [-0.2, -0.15) is 0 Å². The molecule has 1 N–H and O–H groups in total. The van der Waals surface area contributed by atoms with Gasteiger partial charge in [-0.05, 0) is 11.5 Å². The molecule has 0 spiro atoms. The fourth-order valence-corrected chi connectivity index (χ4v) is 0.363. The predicted octanol–water partition coefficient (Wildman–Crippen LogP) is 0.476. The summed E-state index contributed by atoms with van der Waals surface area (Å²) in [5.41, 5.74) is 7.30. The smallest absolute Gasteiger partial charge is 0.344 e. The van der Waals surface area contributed by atoms with Crippen LogP contribution in [-0.4, -0.2) is 11.1 Å². The van der Waals surface area contributed by atoms with Crippen LogP contribution in [0, 0.1) is 0 Å². The molecule has 1 aliphatic carbocycles. The summed E-state index contributed by atoms with van der Waals surface area (Å²) in [5.74, 6) is -0.984. The van der Waals surface area contributed by atoms with Crippen molar-refractivity contribution in [3.63, 3.8) is 0 Å². The van der Waals surface area contributed by atoms with Crippen LogP contribution in [0.1, 0.15) is 0 Å². The topological polar surface area (TPSA) is 37.3 Å². The lowest BCUT2D eigenvalue weighted by Gasteiger charge is -1.79. The van der Waals surface area contributed by atoms with Gasteiger partial charge < -0.3 is 5.11 Å². The van der Waals surface area contributed by atoms with E-state index < -0.39 is 5.97 Å². The van der Waals surface area contributed by atoms with Crippen LogP contribution in [0.4, 0.5) is 0 Å².